The van der Waals surface area contributed by atoms with Crippen LogP contribution < -0.4 is 0 Å². The van der Waals surface area contributed by atoms with E-state index in [-0.39, 0.29) is 49.8 Å². The van der Waals surface area contributed by atoms with Crippen molar-refractivity contribution in [2.24, 2.45) is 5.92 Å². The zero-order valence-corrected chi connectivity index (χ0v) is 18.9. The summed E-state index contributed by atoms with van der Waals surface area (Å²) in [7, 11) is 1.51. The monoisotopic (exact) mass is 450 g/mol. The van der Waals surface area contributed by atoms with E-state index in [9.17, 15) is 19.5 Å². The normalized spacial score (nSPS) is 23.5. The second kappa shape index (κ2) is 10.1. The number of ether oxygens (including phenoxy) is 1. The predicted molar refractivity (Wildman–Crippen MR) is 117 cm³/mol. The number of halogens is 1. The highest BCUT2D eigenvalue weighted by Crippen LogP contribution is 2.43. The molecule has 2 aliphatic heterocycles. The van der Waals surface area contributed by atoms with E-state index in [1.54, 1.807) is 29.2 Å². The van der Waals surface area contributed by atoms with E-state index in [2.05, 4.69) is 0 Å². The van der Waals surface area contributed by atoms with Crippen molar-refractivity contribution in [1.29, 1.82) is 0 Å². The highest BCUT2D eigenvalue weighted by Gasteiger charge is 2.54. The Bertz CT molecular complexity index is 824. The Morgan fingerprint density at radius 2 is 1.97 bits per heavy atom. The SMILES string of the molecule is CC[C@@H](O)C1CCN(C(=O)C[C@]2(c3ccccc3Cl)CC(=O)N(CCOC)C2=O)CC1. The first kappa shape index (κ1) is 23.7. The van der Waals surface area contributed by atoms with Crippen molar-refractivity contribution in [2.75, 3.05) is 33.4 Å². The Hall–Kier alpha value is -1.96. The number of benzene rings is 1. The van der Waals surface area contributed by atoms with Crippen LogP contribution in [0.2, 0.25) is 5.02 Å². The molecule has 2 aliphatic rings. The van der Waals surface area contributed by atoms with Crippen LogP contribution in [0.4, 0.5) is 0 Å². The molecule has 8 heteroatoms. The molecule has 0 unspecified atom stereocenters. The van der Waals surface area contributed by atoms with Gasteiger partial charge < -0.3 is 14.7 Å². The van der Waals surface area contributed by atoms with Gasteiger partial charge in [0.05, 0.1) is 24.7 Å². The predicted octanol–water partition coefficient (Wildman–Crippen LogP) is 2.38. The van der Waals surface area contributed by atoms with Crippen LogP contribution >= 0.6 is 11.6 Å². The number of aliphatic hydroxyl groups excluding tert-OH is 1. The molecule has 0 saturated carbocycles. The van der Waals surface area contributed by atoms with Crippen LogP contribution in [0.1, 0.15) is 44.6 Å². The quantitative estimate of drug-likeness (QED) is 0.614. The summed E-state index contributed by atoms with van der Waals surface area (Å²) in [5.74, 6) is -0.697. The number of methoxy groups -OCH3 is 1. The minimum atomic E-state index is -1.31. The molecule has 7 nitrogen and oxygen atoms in total. The molecule has 2 atom stereocenters. The van der Waals surface area contributed by atoms with Crippen molar-refractivity contribution in [3.05, 3.63) is 34.9 Å². The molecule has 2 saturated heterocycles. The lowest BCUT2D eigenvalue weighted by Crippen LogP contribution is -2.46. The van der Waals surface area contributed by atoms with Crippen molar-refractivity contribution in [3.8, 4) is 0 Å². The molecule has 0 bridgehead atoms. The van der Waals surface area contributed by atoms with Gasteiger partial charge in [-0.25, -0.2) is 0 Å². The maximum atomic E-state index is 13.5. The molecule has 1 aromatic rings. The fourth-order valence-electron chi connectivity index (χ4n) is 4.74. The van der Waals surface area contributed by atoms with Crippen LogP contribution in [0.5, 0.6) is 0 Å². The van der Waals surface area contributed by atoms with Crippen molar-refractivity contribution in [2.45, 2.75) is 50.5 Å². The van der Waals surface area contributed by atoms with Gasteiger partial charge >= 0.3 is 0 Å². The number of piperidine rings is 1. The third-order valence-electron chi connectivity index (χ3n) is 6.62. The van der Waals surface area contributed by atoms with Gasteiger partial charge in [-0.05, 0) is 36.8 Å². The molecule has 0 aromatic heterocycles. The number of carbonyl (C=O) groups excluding carboxylic acids is 3. The van der Waals surface area contributed by atoms with Gasteiger partial charge in [0.15, 0.2) is 0 Å². The highest BCUT2D eigenvalue weighted by molar-refractivity contribution is 6.32. The lowest BCUT2D eigenvalue weighted by atomic mass is 9.75. The van der Waals surface area contributed by atoms with Crippen LogP contribution in [0.3, 0.4) is 0 Å². The summed E-state index contributed by atoms with van der Waals surface area (Å²) in [5, 5.41) is 10.5. The number of aliphatic hydroxyl groups is 1. The number of amides is 3. The summed E-state index contributed by atoms with van der Waals surface area (Å²) in [5.41, 5.74) is -0.792. The number of rotatable bonds is 8. The molecule has 3 amide bonds. The summed E-state index contributed by atoms with van der Waals surface area (Å²) in [6.07, 6.45) is 1.61. The second-order valence-corrected chi connectivity index (χ2v) is 8.86. The van der Waals surface area contributed by atoms with Crippen LogP contribution in [-0.4, -0.2) is 72.1 Å². The fourth-order valence-corrected chi connectivity index (χ4v) is 5.06. The first-order valence-corrected chi connectivity index (χ1v) is 11.3. The average molecular weight is 451 g/mol. The highest BCUT2D eigenvalue weighted by atomic mass is 35.5. The first-order valence-electron chi connectivity index (χ1n) is 10.9. The largest absolute Gasteiger partial charge is 0.393 e. The third kappa shape index (κ3) is 4.78. The Labute approximate surface area is 188 Å². The molecule has 0 radical (unpaired) electrons. The number of nitrogens with zero attached hydrogens (tertiary/aromatic N) is 2. The van der Waals surface area contributed by atoms with E-state index in [0.717, 1.165) is 12.8 Å². The number of hydrogen-bond acceptors (Lipinski definition) is 5. The van der Waals surface area contributed by atoms with Crippen molar-refractivity contribution in [3.63, 3.8) is 0 Å². The van der Waals surface area contributed by atoms with Gasteiger partial charge in [-0.15, -0.1) is 0 Å². The van der Waals surface area contributed by atoms with Crippen LogP contribution in [-0.2, 0) is 24.5 Å². The molecule has 3 rings (SSSR count). The molecule has 31 heavy (non-hydrogen) atoms. The van der Waals surface area contributed by atoms with Gasteiger partial charge in [-0.2, -0.15) is 0 Å². The summed E-state index contributed by atoms with van der Waals surface area (Å²) >= 11 is 6.44. The Kier molecular flexibility index (Phi) is 7.73. The van der Waals surface area contributed by atoms with Gasteiger partial charge in [-0.3, -0.25) is 19.3 Å². The molecular weight excluding hydrogens is 420 g/mol. The third-order valence-corrected chi connectivity index (χ3v) is 6.95. The Morgan fingerprint density at radius 1 is 1.29 bits per heavy atom. The van der Waals surface area contributed by atoms with Gasteiger partial charge in [0.2, 0.25) is 17.7 Å². The number of likely N-dealkylation sites (tertiary alicyclic amines) is 2. The van der Waals surface area contributed by atoms with Gasteiger partial charge in [0.25, 0.3) is 0 Å². The van der Waals surface area contributed by atoms with Crippen LogP contribution in [0.25, 0.3) is 0 Å². The van der Waals surface area contributed by atoms with E-state index in [1.165, 1.54) is 12.0 Å². The molecule has 0 aliphatic carbocycles. The molecule has 2 fully saturated rings. The number of carbonyl (C=O) groups is 3. The van der Waals surface area contributed by atoms with Gasteiger partial charge in [0, 0.05) is 38.1 Å². The summed E-state index contributed by atoms with van der Waals surface area (Å²) in [6.45, 7) is 3.41. The fraction of sp³-hybridized carbons (Fsp3) is 0.609. The minimum Gasteiger partial charge on any atom is -0.393 e. The first-order chi connectivity index (χ1) is 14.8. The Balaban J connectivity index is 1.84. The van der Waals surface area contributed by atoms with E-state index in [1.807, 2.05) is 6.92 Å². The molecule has 1 N–H and O–H groups in total. The summed E-state index contributed by atoms with van der Waals surface area (Å²) in [4.78, 5) is 42.4. The van der Waals surface area contributed by atoms with E-state index < -0.39 is 11.3 Å². The molecule has 170 valence electrons. The minimum absolute atomic E-state index is 0.0873. The molecule has 0 spiro atoms. The standard InChI is InChI=1S/C23H31ClN2O5/c1-3-19(27)16-8-10-25(11-9-16)20(28)14-23(17-6-4-5-7-18(17)24)15-21(29)26(22(23)30)12-13-31-2/h4-7,16,19,27H,3,8-15H2,1-2H3/t19-,23-/m1/s1. The van der Waals surface area contributed by atoms with Crippen LogP contribution in [0.15, 0.2) is 24.3 Å². The van der Waals surface area contributed by atoms with E-state index in [4.69, 9.17) is 16.3 Å². The number of hydrogen-bond donors (Lipinski definition) is 1. The lowest BCUT2D eigenvalue weighted by Gasteiger charge is -2.36. The average Bonchev–Trinajstić information content (AvgIpc) is 3.01. The Morgan fingerprint density at radius 3 is 2.58 bits per heavy atom. The van der Waals surface area contributed by atoms with E-state index >= 15 is 0 Å². The number of imide groups is 1. The topological polar surface area (TPSA) is 87.2 Å². The maximum Gasteiger partial charge on any atom is 0.241 e. The van der Waals surface area contributed by atoms with Crippen LogP contribution in [0, 0.1) is 5.92 Å². The smallest absolute Gasteiger partial charge is 0.241 e. The zero-order valence-electron chi connectivity index (χ0n) is 18.2. The molecular formula is C23H31ClN2O5. The van der Waals surface area contributed by atoms with Gasteiger partial charge in [-0.1, -0.05) is 36.7 Å². The molecule has 1 aromatic carbocycles. The lowest BCUT2D eigenvalue weighted by molar-refractivity contribution is -0.143. The van der Waals surface area contributed by atoms with E-state index in [0.29, 0.717) is 30.1 Å². The maximum absolute atomic E-state index is 13.5. The van der Waals surface area contributed by atoms with Crippen molar-refractivity contribution >= 4 is 29.3 Å². The van der Waals surface area contributed by atoms with Crippen molar-refractivity contribution in [1.82, 2.24) is 9.80 Å². The molecule has 2 heterocycles. The second-order valence-electron chi connectivity index (χ2n) is 8.45. The van der Waals surface area contributed by atoms with Gasteiger partial charge in [0.1, 0.15) is 0 Å². The summed E-state index contributed by atoms with van der Waals surface area (Å²) in [6, 6.07) is 6.93. The van der Waals surface area contributed by atoms with Crippen molar-refractivity contribution < 1.29 is 24.2 Å². The summed E-state index contributed by atoms with van der Waals surface area (Å²) < 4.78 is 5.05. The zero-order chi connectivity index (χ0) is 22.6.